The van der Waals surface area contributed by atoms with Gasteiger partial charge in [0.1, 0.15) is 5.75 Å². The predicted octanol–water partition coefficient (Wildman–Crippen LogP) is 4.30. The number of halogens is 1. The standard InChI is InChI=1S/C13H10INO3/c1-9-2-7-12(15(16)17)13(8-9)18-11-5-3-10(14)4-6-11/h2-8H,1H3. The second kappa shape index (κ2) is 5.34. The predicted molar refractivity (Wildman–Crippen MR) is 77.1 cm³/mol. The maximum Gasteiger partial charge on any atom is 0.311 e. The second-order valence-corrected chi connectivity index (χ2v) is 5.03. The van der Waals surface area contributed by atoms with E-state index in [0.29, 0.717) is 5.75 Å². The van der Waals surface area contributed by atoms with Crippen LogP contribution in [0, 0.1) is 20.6 Å². The van der Waals surface area contributed by atoms with Crippen LogP contribution in [0.15, 0.2) is 42.5 Å². The van der Waals surface area contributed by atoms with Gasteiger partial charge in [0.05, 0.1) is 4.92 Å². The fraction of sp³-hybridized carbons (Fsp3) is 0.0769. The van der Waals surface area contributed by atoms with Gasteiger partial charge in [-0.3, -0.25) is 10.1 Å². The van der Waals surface area contributed by atoms with Crippen LogP contribution in [0.2, 0.25) is 0 Å². The minimum atomic E-state index is -0.443. The lowest BCUT2D eigenvalue weighted by molar-refractivity contribution is -0.385. The Balaban J connectivity index is 2.35. The first kappa shape index (κ1) is 12.8. The van der Waals surface area contributed by atoms with Crippen LogP contribution >= 0.6 is 22.6 Å². The molecule has 0 radical (unpaired) electrons. The molecule has 0 heterocycles. The summed E-state index contributed by atoms with van der Waals surface area (Å²) < 4.78 is 6.64. The molecule has 2 rings (SSSR count). The summed E-state index contributed by atoms with van der Waals surface area (Å²) in [6, 6.07) is 12.2. The van der Waals surface area contributed by atoms with Gasteiger partial charge in [0.25, 0.3) is 0 Å². The summed E-state index contributed by atoms with van der Waals surface area (Å²) in [5, 5.41) is 10.9. The summed E-state index contributed by atoms with van der Waals surface area (Å²) in [6.45, 7) is 1.87. The quantitative estimate of drug-likeness (QED) is 0.469. The zero-order chi connectivity index (χ0) is 13.1. The molecule has 5 heteroatoms. The van der Waals surface area contributed by atoms with E-state index < -0.39 is 4.92 Å². The maximum atomic E-state index is 10.9. The summed E-state index contributed by atoms with van der Waals surface area (Å²) in [4.78, 5) is 10.5. The van der Waals surface area contributed by atoms with E-state index in [1.54, 1.807) is 24.3 Å². The third kappa shape index (κ3) is 2.98. The normalized spacial score (nSPS) is 10.1. The maximum absolute atomic E-state index is 10.9. The topological polar surface area (TPSA) is 52.4 Å². The molecule has 0 atom stereocenters. The van der Waals surface area contributed by atoms with E-state index in [9.17, 15) is 10.1 Å². The Bertz CT molecular complexity index is 581. The summed E-state index contributed by atoms with van der Waals surface area (Å²) in [6.07, 6.45) is 0. The highest BCUT2D eigenvalue weighted by molar-refractivity contribution is 14.1. The highest BCUT2D eigenvalue weighted by atomic mass is 127. The van der Waals surface area contributed by atoms with Crippen molar-refractivity contribution in [2.24, 2.45) is 0 Å². The van der Waals surface area contributed by atoms with Gasteiger partial charge in [-0.25, -0.2) is 0 Å². The molecule has 0 spiro atoms. The molecular formula is C13H10INO3. The molecular weight excluding hydrogens is 345 g/mol. The van der Waals surface area contributed by atoms with Crippen molar-refractivity contribution >= 4 is 28.3 Å². The van der Waals surface area contributed by atoms with E-state index in [0.717, 1.165) is 9.13 Å². The summed E-state index contributed by atoms with van der Waals surface area (Å²) in [5.41, 5.74) is 0.889. The van der Waals surface area contributed by atoms with Crippen LogP contribution in [-0.2, 0) is 0 Å². The van der Waals surface area contributed by atoms with Crippen LogP contribution in [0.3, 0.4) is 0 Å². The van der Waals surface area contributed by atoms with Gasteiger partial charge in [-0.2, -0.15) is 0 Å². The fourth-order valence-electron chi connectivity index (χ4n) is 1.48. The first-order chi connectivity index (χ1) is 8.56. The molecule has 0 fully saturated rings. The van der Waals surface area contributed by atoms with Gasteiger partial charge in [-0.05, 0) is 65.4 Å². The van der Waals surface area contributed by atoms with Gasteiger partial charge in [-0.1, -0.05) is 6.07 Å². The van der Waals surface area contributed by atoms with Crippen molar-refractivity contribution < 1.29 is 9.66 Å². The van der Waals surface area contributed by atoms with Crippen LogP contribution < -0.4 is 4.74 Å². The molecule has 2 aromatic carbocycles. The van der Waals surface area contributed by atoms with Gasteiger partial charge < -0.3 is 4.74 Å². The number of benzene rings is 2. The number of nitrogens with zero attached hydrogens (tertiary/aromatic N) is 1. The zero-order valence-electron chi connectivity index (χ0n) is 9.59. The Morgan fingerprint density at radius 3 is 2.44 bits per heavy atom. The average molecular weight is 355 g/mol. The smallest absolute Gasteiger partial charge is 0.311 e. The zero-order valence-corrected chi connectivity index (χ0v) is 11.7. The average Bonchev–Trinajstić information content (AvgIpc) is 2.32. The van der Waals surface area contributed by atoms with Crippen LogP contribution in [0.5, 0.6) is 11.5 Å². The number of nitro benzene ring substituents is 1. The molecule has 0 aliphatic carbocycles. The van der Waals surface area contributed by atoms with Crippen LogP contribution in [-0.4, -0.2) is 4.92 Å². The van der Waals surface area contributed by atoms with Gasteiger partial charge in [0, 0.05) is 9.64 Å². The van der Waals surface area contributed by atoms with E-state index in [1.165, 1.54) is 6.07 Å². The SMILES string of the molecule is Cc1ccc([N+](=O)[O-])c(Oc2ccc(I)cc2)c1. The molecule has 0 amide bonds. The fourth-order valence-corrected chi connectivity index (χ4v) is 1.84. The monoisotopic (exact) mass is 355 g/mol. The van der Waals surface area contributed by atoms with Crippen molar-refractivity contribution in [2.45, 2.75) is 6.92 Å². The van der Waals surface area contributed by atoms with Crippen molar-refractivity contribution in [3.05, 3.63) is 61.7 Å². The molecule has 0 aromatic heterocycles. The second-order valence-electron chi connectivity index (χ2n) is 3.78. The molecule has 0 saturated carbocycles. The first-order valence-corrected chi connectivity index (χ1v) is 6.32. The molecule has 0 bridgehead atoms. The van der Waals surface area contributed by atoms with Crippen LogP contribution in [0.1, 0.15) is 5.56 Å². The lowest BCUT2D eigenvalue weighted by atomic mass is 10.2. The molecule has 18 heavy (non-hydrogen) atoms. The summed E-state index contributed by atoms with van der Waals surface area (Å²) in [7, 11) is 0. The third-order valence-electron chi connectivity index (χ3n) is 2.35. The van der Waals surface area contributed by atoms with Crippen LogP contribution in [0.25, 0.3) is 0 Å². The molecule has 92 valence electrons. The number of aryl methyl sites for hydroxylation is 1. The first-order valence-electron chi connectivity index (χ1n) is 5.25. The minimum absolute atomic E-state index is 0.0286. The van der Waals surface area contributed by atoms with Gasteiger partial charge in [0.2, 0.25) is 5.75 Å². The van der Waals surface area contributed by atoms with E-state index in [-0.39, 0.29) is 11.4 Å². The highest BCUT2D eigenvalue weighted by Gasteiger charge is 2.15. The van der Waals surface area contributed by atoms with Crippen molar-refractivity contribution in [2.75, 3.05) is 0 Å². The molecule has 0 aliphatic rings. The summed E-state index contributed by atoms with van der Waals surface area (Å²) in [5.74, 6) is 0.852. The van der Waals surface area contributed by atoms with E-state index in [4.69, 9.17) is 4.74 Å². The lowest BCUT2D eigenvalue weighted by Crippen LogP contribution is -1.94. The Morgan fingerprint density at radius 1 is 1.17 bits per heavy atom. The summed E-state index contributed by atoms with van der Waals surface area (Å²) >= 11 is 2.19. The number of rotatable bonds is 3. The number of hydrogen-bond acceptors (Lipinski definition) is 3. The molecule has 0 aliphatic heterocycles. The van der Waals surface area contributed by atoms with Gasteiger partial charge in [0.15, 0.2) is 0 Å². The number of hydrogen-bond donors (Lipinski definition) is 0. The minimum Gasteiger partial charge on any atom is -0.450 e. The van der Waals surface area contributed by atoms with Crippen LogP contribution in [0.4, 0.5) is 5.69 Å². The highest BCUT2D eigenvalue weighted by Crippen LogP contribution is 2.32. The van der Waals surface area contributed by atoms with Crippen molar-refractivity contribution in [3.63, 3.8) is 0 Å². The number of ether oxygens (including phenoxy) is 1. The Labute approximate surface area is 118 Å². The van der Waals surface area contributed by atoms with E-state index >= 15 is 0 Å². The third-order valence-corrected chi connectivity index (χ3v) is 3.07. The largest absolute Gasteiger partial charge is 0.450 e. The van der Waals surface area contributed by atoms with Crippen molar-refractivity contribution in [3.8, 4) is 11.5 Å². The Hall–Kier alpha value is -1.63. The molecule has 2 aromatic rings. The Morgan fingerprint density at radius 2 is 1.83 bits per heavy atom. The van der Waals surface area contributed by atoms with E-state index in [2.05, 4.69) is 22.6 Å². The molecule has 0 N–H and O–H groups in total. The molecule has 4 nitrogen and oxygen atoms in total. The number of nitro groups is 1. The Kier molecular flexibility index (Phi) is 3.81. The molecule has 0 saturated heterocycles. The molecule has 0 unspecified atom stereocenters. The van der Waals surface area contributed by atoms with E-state index in [1.807, 2.05) is 19.1 Å². The van der Waals surface area contributed by atoms with Gasteiger partial charge >= 0.3 is 5.69 Å². The van der Waals surface area contributed by atoms with Crippen molar-refractivity contribution in [1.82, 2.24) is 0 Å². The lowest BCUT2D eigenvalue weighted by Gasteiger charge is -2.07. The van der Waals surface area contributed by atoms with Crippen molar-refractivity contribution in [1.29, 1.82) is 0 Å². The van der Waals surface area contributed by atoms with Gasteiger partial charge in [-0.15, -0.1) is 0 Å².